The van der Waals surface area contributed by atoms with Crippen LogP contribution in [0.25, 0.3) is 11.3 Å². The number of carbonyl (C=O) groups excluding carboxylic acids is 1. The number of amides is 1. The highest BCUT2D eigenvalue weighted by molar-refractivity contribution is 7.92. The molecule has 0 aliphatic heterocycles. The Kier molecular flexibility index (Phi) is 5.04. The molecule has 0 bridgehead atoms. The first-order chi connectivity index (χ1) is 12.8. The zero-order chi connectivity index (χ0) is 19.4. The van der Waals surface area contributed by atoms with E-state index in [0.717, 1.165) is 11.8 Å². The molecule has 0 aliphatic carbocycles. The highest BCUT2D eigenvalue weighted by Crippen LogP contribution is 2.21. The van der Waals surface area contributed by atoms with Gasteiger partial charge in [-0.25, -0.2) is 13.5 Å². The SMILES string of the molecule is CS(=O)(=O)Nc1cccc(C(=O)Nc2cccc(-c3ccc(=O)[nH]n3)c2)c1. The summed E-state index contributed by atoms with van der Waals surface area (Å²) in [6.45, 7) is 0. The molecular formula is C18H16N4O4S. The van der Waals surface area contributed by atoms with Crippen LogP contribution in [0.1, 0.15) is 10.4 Å². The molecule has 0 fully saturated rings. The minimum absolute atomic E-state index is 0.300. The van der Waals surface area contributed by atoms with Gasteiger partial charge in [-0.1, -0.05) is 18.2 Å². The number of anilines is 2. The first-order valence-corrected chi connectivity index (χ1v) is 9.75. The van der Waals surface area contributed by atoms with Crippen LogP contribution in [0.15, 0.2) is 65.5 Å². The van der Waals surface area contributed by atoms with Gasteiger partial charge in [-0.2, -0.15) is 5.10 Å². The van der Waals surface area contributed by atoms with E-state index in [0.29, 0.717) is 22.6 Å². The zero-order valence-electron chi connectivity index (χ0n) is 14.3. The second-order valence-electron chi connectivity index (χ2n) is 5.80. The molecule has 1 heterocycles. The van der Waals surface area contributed by atoms with Gasteiger partial charge in [0.2, 0.25) is 10.0 Å². The molecule has 3 rings (SSSR count). The number of carbonyl (C=O) groups is 1. The van der Waals surface area contributed by atoms with Gasteiger partial charge in [-0.15, -0.1) is 0 Å². The van der Waals surface area contributed by atoms with E-state index in [-0.39, 0.29) is 5.56 Å². The quantitative estimate of drug-likeness (QED) is 0.622. The molecule has 2 aromatic carbocycles. The lowest BCUT2D eigenvalue weighted by Gasteiger charge is -2.09. The van der Waals surface area contributed by atoms with Crippen molar-refractivity contribution in [1.82, 2.24) is 10.2 Å². The summed E-state index contributed by atoms with van der Waals surface area (Å²) < 4.78 is 25.0. The predicted octanol–water partition coefficient (Wildman–Crippen LogP) is 2.06. The van der Waals surface area contributed by atoms with Crippen molar-refractivity contribution in [3.8, 4) is 11.3 Å². The third kappa shape index (κ3) is 5.02. The van der Waals surface area contributed by atoms with Gasteiger partial charge in [0.15, 0.2) is 0 Å². The second kappa shape index (κ2) is 7.42. The Morgan fingerprint density at radius 1 is 1.00 bits per heavy atom. The van der Waals surface area contributed by atoms with Crippen molar-refractivity contribution in [2.45, 2.75) is 0 Å². The predicted molar refractivity (Wildman–Crippen MR) is 103 cm³/mol. The normalized spacial score (nSPS) is 11.0. The average Bonchev–Trinajstić information content (AvgIpc) is 2.61. The fourth-order valence-corrected chi connectivity index (χ4v) is 2.96. The highest BCUT2D eigenvalue weighted by atomic mass is 32.2. The van der Waals surface area contributed by atoms with Crippen molar-refractivity contribution in [2.24, 2.45) is 0 Å². The summed E-state index contributed by atoms with van der Waals surface area (Å²) in [6, 6.07) is 16.1. The fourth-order valence-electron chi connectivity index (χ4n) is 2.40. The number of hydrogen-bond acceptors (Lipinski definition) is 5. The molecule has 1 amide bonds. The number of nitrogens with one attached hydrogen (secondary N) is 3. The van der Waals surface area contributed by atoms with Crippen LogP contribution < -0.4 is 15.6 Å². The fraction of sp³-hybridized carbons (Fsp3) is 0.0556. The van der Waals surface area contributed by atoms with E-state index in [4.69, 9.17) is 0 Å². The second-order valence-corrected chi connectivity index (χ2v) is 7.54. The molecule has 9 heteroatoms. The third-order valence-corrected chi connectivity index (χ3v) is 4.13. The van der Waals surface area contributed by atoms with Crippen LogP contribution in [0.3, 0.4) is 0 Å². The number of nitrogens with zero attached hydrogens (tertiary/aromatic N) is 1. The molecule has 0 spiro atoms. The number of benzene rings is 2. The Morgan fingerprint density at radius 2 is 1.74 bits per heavy atom. The van der Waals surface area contributed by atoms with Crippen LogP contribution in [0.2, 0.25) is 0 Å². The van der Waals surface area contributed by atoms with Crippen molar-refractivity contribution in [1.29, 1.82) is 0 Å². The van der Waals surface area contributed by atoms with E-state index >= 15 is 0 Å². The maximum absolute atomic E-state index is 12.5. The molecule has 1 aromatic heterocycles. The van der Waals surface area contributed by atoms with Crippen LogP contribution in [0.5, 0.6) is 0 Å². The maximum atomic E-state index is 12.5. The van der Waals surface area contributed by atoms with E-state index < -0.39 is 15.9 Å². The van der Waals surface area contributed by atoms with Crippen LogP contribution in [0.4, 0.5) is 11.4 Å². The van der Waals surface area contributed by atoms with E-state index in [9.17, 15) is 18.0 Å². The zero-order valence-corrected chi connectivity index (χ0v) is 15.1. The van der Waals surface area contributed by atoms with E-state index in [1.54, 1.807) is 48.5 Å². The monoisotopic (exact) mass is 384 g/mol. The number of H-pyrrole nitrogens is 1. The minimum Gasteiger partial charge on any atom is -0.322 e. The van der Waals surface area contributed by atoms with Crippen LogP contribution in [0, 0.1) is 0 Å². The van der Waals surface area contributed by atoms with Gasteiger partial charge in [0.05, 0.1) is 11.9 Å². The van der Waals surface area contributed by atoms with Gasteiger partial charge in [0.1, 0.15) is 0 Å². The summed E-state index contributed by atoms with van der Waals surface area (Å²) in [5.74, 6) is -0.390. The Bertz CT molecular complexity index is 1140. The number of rotatable bonds is 5. The van der Waals surface area contributed by atoms with Crippen molar-refractivity contribution in [2.75, 3.05) is 16.3 Å². The molecule has 3 N–H and O–H groups in total. The Morgan fingerprint density at radius 3 is 2.44 bits per heavy atom. The summed E-state index contributed by atoms with van der Waals surface area (Å²) in [5, 5.41) is 9.07. The first-order valence-electron chi connectivity index (χ1n) is 7.85. The Balaban J connectivity index is 1.80. The number of sulfonamides is 1. The third-order valence-electron chi connectivity index (χ3n) is 3.52. The Labute approximate surface area is 155 Å². The molecule has 27 heavy (non-hydrogen) atoms. The van der Waals surface area contributed by atoms with E-state index in [2.05, 4.69) is 20.2 Å². The molecule has 3 aromatic rings. The molecule has 0 unspecified atom stereocenters. The van der Waals surface area contributed by atoms with E-state index in [1.807, 2.05) is 0 Å². The molecule has 0 saturated carbocycles. The van der Waals surface area contributed by atoms with Gasteiger partial charge >= 0.3 is 0 Å². The van der Waals surface area contributed by atoms with Crippen molar-refractivity contribution in [3.05, 3.63) is 76.6 Å². The standard InChI is InChI=1S/C18H16N4O4S/c1-27(25,26)22-15-7-3-5-13(11-15)18(24)19-14-6-2-4-12(10-14)16-8-9-17(23)21-20-16/h2-11,22H,1H3,(H,19,24)(H,21,23). The average molecular weight is 384 g/mol. The van der Waals surface area contributed by atoms with Gasteiger partial charge < -0.3 is 5.32 Å². The summed E-state index contributed by atoms with van der Waals surface area (Å²) in [7, 11) is -3.43. The summed E-state index contributed by atoms with van der Waals surface area (Å²) in [5.41, 5.74) is 2.12. The summed E-state index contributed by atoms with van der Waals surface area (Å²) in [6.07, 6.45) is 1.04. The lowest BCUT2D eigenvalue weighted by molar-refractivity contribution is 0.102. The number of aromatic amines is 1. The summed E-state index contributed by atoms with van der Waals surface area (Å²) >= 11 is 0. The number of hydrogen-bond donors (Lipinski definition) is 3. The first kappa shape index (κ1) is 18.3. The molecule has 0 radical (unpaired) electrons. The minimum atomic E-state index is -3.43. The topological polar surface area (TPSA) is 121 Å². The highest BCUT2D eigenvalue weighted by Gasteiger charge is 2.10. The molecule has 0 atom stereocenters. The van der Waals surface area contributed by atoms with Crippen LogP contribution in [-0.2, 0) is 10.0 Å². The van der Waals surface area contributed by atoms with Crippen molar-refractivity contribution < 1.29 is 13.2 Å². The van der Waals surface area contributed by atoms with E-state index in [1.165, 1.54) is 12.1 Å². The largest absolute Gasteiger partial charge is 0.322 e. The molecular weight excluding hydrogens is 368 g/mol. The molecule has 138 valence electrons. The van der Waals surface area contributed by atoms with Crippen molar-refractivity contribution >= 4 is 27.3 Å². The molecule has 8 nitrogen and oxygen atoms in total. The van der Waals surface area contributed by atoms with Gasteiger partial charge in [-0.3, -0.25) is 14.3 Å². The van der Waals surface area contributed by atoms with Crippen LogP contribution >= 0.6 is 0 Å². The Hall–Kier alpha value is -3.46. The lowest BCUT2D eigenvalue weighted by atomic mass is 10.1. The van der Waals surface area contributed by atoms with Gasteiger partial charge in [0, 0.05) is 28.6 Å². The maximum Gasteiger partial charge on any atom is 0.264 e. The lowest BCUT2D eigenvalue weighted by Crippen LogP contribution is -2.14. The smallest absolute Gasteiger partial charge is 0.264 e. The molecule has 0 saturated heterocycles. The van der Waals surface area contributed by atoms with Gasteiger partial charge in [0.25, 0.3) is 11.5 Å². The van der Waals surface area contributed by atoms with Crippen LogP contribution in [-0.4, -0.2) is 30.8 Å². The van der Waals surface area contributed by atoms with Crippen molar-refractivity contribution in [3.63, 3.8) is 0 Å². The molecule has 0 aliphatic rings. The number of aromatic nitrogens is 2. The van der Waals surface area contributed by atoms with Gasteiger partial charge in [-0.05, 0) is 36.4 Å². The summed E-state index contributed by atoms with van der Waals surface area (Å²) in [4.78, 5) is 23.6.